The van der Waals surface area contributed by atoms with Gasteiger partial charge in [-0.3, -0.25) is 9.59 Å². The van der Waals surface area contributed by atoms with Crippen LogP contribution in [0.5, 0.6) is 0 Å². The first-order valence-corrected chi connectivity index (χ1v) is 8.47. The van der Waals surface area contributed by atoms with Crippen molar-refractivity contribution in [3.05, 3.63) is 50.6 Å². The molecule has 0 aliphatic heterocycles. The van der Waals surface area contributed by atoms with E-state index >= 15 is 0 Å². The van der Waals surface area contributed by atoms with E-state index in [2.05, 4.69) is 21.4 Å². The number of carbonyl (C=O) groups is 1. The zero-order chi connectivity index (χ0) is 16.8. The molecule has 2 aromatic rings. The van der Waals surface area contributed by atoms with Gasteiger partial charge in [-0.05, 0) is 38.0 Å². The molecule has 0 aromatic carbocycles. The third-order valence-corrected chi connectivity index (χ3v) is 4.46. The highest BCUT2D eigenvalue weighted by atomic mass is 32.1. The summed E-state index contributed by atoms with van der Waals surface area (Å²) in [5.41, 5.74) is 0.0786. The maximum atomic E-state index is 12.3. The van der Waals surface area contributed by atoms with Crippen LogP contribution in [0.25, 0.3) is 0 Å². The van der Waals surface area contributed by atoms with Crippen LogP contribution in [-0.4, -0.2) is 41.2 Å². The van der Waals surface area contributed by atoms with E-state index in [-0.39, 0.29) is 23.2 Å². The summed E-state index contributed by atoms with van der Waals surface area (Å²) in [5.74, 6) is -0.266. The van der Waals surface area contributed by atoms with E-state index in [1.807, 2.05) is 32.5 Å². The van der Waals surface area contributed by atoms with Crippen LogP contribution >= 0.6 is 11.3 Å². The molecule has 0 bridgehead atoms. The van der Waals surface area contributed by atoms with Crippen LogP contribution in [-0.2, 0) is 6.54 Å². The molecule has 2 aromatic heterocycles. The van der Waals surface area contributed by atoms with Gasteiger partial charge in [0.15, 0.2) is 0 Å². The van der Waals surface area contributed by atoms with Crippen LogP contribution in [0.1, 0.15) is 34.8 Å². The van der Waals surface area contributed by atoms with Gasteiger partial charge >= 0.3 is 0 Å². The van der Waals surface area contributed by atoms with Crippen LogP contribution in [0.4, 0.5) is 0 Å². The maximum Gasteiger partial charge on any atom is 0.271 e. The van der Waals surface area contributed by atoms with E-state index in [0.29, 0.717) is 13.1 Å². The van der Waals surface area contributed by atoms with E-state index in [1.54, 1.807) is 11.3 Å². The highest BCUT2D eigenvalue weighted by Gasteiger charge is 2.17. The summed E-state index contributed by atoms with van der Waals surface area (Å²) in [6.45, 7) is 2.96. The third-order valence-electron chi connectivity index (χ3n) is 3.49. The van der Waals surface area contributed by atoms with Crippen molar-refractivity contribution in [3.8, 4) is 0 Å². The molecule has 0 aliphatic rings. The average Bonchev–Trinajstić information content (AvgIpc) is 3.03. The second kappa shape index (κ2) is 8.03. The third kappa shape index (κ3) is 4.49. The molecule has 0 aliphatic carbocycles. The maximum absolute atomic E-state index is 12.3. The number of nitrogens with one attached hydrogen (secondary N) is 1. The summed E-state index contributed by atoms with van der Waals surface area (Å²) in [4.78, 5) is 27.2. The predicted molar refractivity (Wildman–Crippen MR) is 91.9 cm³/mol. The Kier molecular flexibility index (Phi) is 6.06. The molecule has 7 heteroatoms. The molecule has 0 spiro atoms. The Hall–Kier alpha value is -1.99. The number of hydrogen-bond donors (Lipinski definition) is 1. The Morgan fingerprint density at radius 3 is 2.78 bits per heavy atom. The summed E-state index contributed by atoms with van der Waals surface area (Å²) in [5, 5.41) is 9.06. The van der Waals surface area contributed by atoms with E-state index in [0.717, 1.165) is 6.42 Å². The van der Waals surface area contributed by atoms with Gasteiger partial charge < -0.3 is 10.2 Å². The molecule has 2 heterocycles. The molecule has 0 radical (unpaired) electrons. The van der Waals surface area contributed by atoms with Crippen LogP contribution in [0.2, 0.25) is 0 Å². The Labute approximate surface area is 139 Å². The Morgan fingerprint density at radius 2 is 2.17 bits per heavy atom. The van der Waals surface area contributed by atoms with Crippen LogP contribution in [0, 0.1) is 0 Å². The van der Waals surface area contributed by atoms with Crippen molar-refractivity contribution in [2.24, 2.45) is 0 Å². The lowest BCUT2D eigenvalue weighted by atomic mass is 10.2. The van der Waals surface area contributed by atoms with Gasteiger partial charge in [0.2, 0.25) is 0 Å². The number of likely N-dealkylation sites (N-methyl/N-ethyl adjacent to an activating group) is 1. The van der Waals surface area contributed by atoms with E-state index in [1.165, 1.54) is 21.7 Å². The summed E-state index contributed by atoms with van der Waals surface area (Å²) < 4.78 is 1.33. The van der Waals surface area contributed by atoms with Crippen molar-refractivity contribution in [2.75, 3.05) is 20.6 Å². The predicted octanol–water partition coefficient (Wildman–Crippen LogP) is 1.75. The standard InChI is InChI=1S/C16H22N4O2S/c1-4-9-20-15(21)8-7-12(18-20)16(22)17-11-13(19(2)3)14-6-5-10-23-14/h5-8,10,13H,4,9,11H2,1-3H3,(H,17,22)/t13-/m0/s1. The van der Waals surface area contributed by atoms with Gasteiger partial charge in [-0.15, -0.1) is 11.3 Å². The number of carbonyl (C=O) groups excluding carboxylic acids is 1. The molecule has 1 atom stereocenters. The minimum atomic E-state index is -0.266. The van der Waals surface area contributed by atoms with Gasteiger partial charge in [0.25, 0.3) is 11.5 Å². The topological polar surface area (TPSA) is 67.2 Å². The minimum absolute atomic E-state index is 0.112. The molecule has 23 heavy (non-hydrogen) atoms. The van der Waals surface area contributed by atoms with Gasteiger partial charge in [0, 0.05) is 24.0 Å². The second-order valence-corrected chi connectivity index (χ2v) is 6.46. The van der Waals surface area contributed by atoms with Gasteiger partial charge in [0.1, 0.15) is 5.69 Å². The SMILES string of the molecule is CCCn1nc(C(=O)NC[C@@H](c2cccs2)N(C)C)ccc1=O. The zero-order valence-corrected chi connectivity index (χ0v) is 14.5. The Morgan fingerprint density at radius 1 is 1.39 bits per heavy atom. The van der Waals surface area contributed by atoms with Gasteiger partial charge in [-0.25, -0.2) is 4.68 Å². The van der Waals surface area contributed by atoms with Crippen molar-refractivity contribution >= 4 is 17.2 Å². The first kappa shape index (κ1) is 17.4. The van der Waals surface area contributed by atoms with Crippen molar-refractivity contribution in [2.45, 2.75) is 25.9 Å². The van der Waals surface area contributed by atoms with Gasteiger partial charge in [0.05, 0.1) is 6.04 Å². The van der Waals surface area contributed by atoms with E-state index in [4.69, 9.17) is 0 Å². The lowest BCUT2D eigenvalue weighted by molar-refractivity contribution is 0.0934. The molecular formula is C16H22N4O2S. The largest absolute Gasteiger partial charge is 0.349 e. The van der Waals surface area contributed by atoms with Crippen LogP contribution in [0.3, 0.4) is 0 Å². The first-order chi connectivity index (χ1) is 11.0. The highest BCUT2D eigenvalue weighted by molar-refractivity contribution is 7.10. The first-order valence-electron chi connectivity index (χ1n) is 7.59. The zero-order valence-electron chi connectivity index (χ0n) is 13.7. The molecule has 0 saturated heterocycles. The number of aryl methyl sites for hydroxylation is 1. The number of thiophene rings is 1. The molecule has 6 nitrogen and oxygen atoms in total. The average molecular weight is 334 g/mol. The lowest BCUT2D eigenvalue weighted by Crippen LogP contribution is -2.35. The number of nitrogens with zero attached hydrogens (tertiary/aromatic N) is 3. The molecule has 0 saturated carbocycles. The number of hydrogen-bond acceptors (Lipinski definition) is 5. The fourth-order valence-electron chi connectivity index (χ4n) is 2.24. The molecule has 1 amide bonds. The van der Waals surface area contributed by atoms with Gasteiger partial charge in [-0.1, -0.05) is 13.0 Å². The minimum Gasteiger partial charge on any atom is -0.349 e. The van der Waals surface area contributed by atoms with Crippen molar-refractivity contribution in [1.82, 2.24) is 20.0 Å². The van der Waals surface area contributed by atoms with Crippen molar-refractivity contribution < 1.29 is 4.79 Å². The van der Waals surface area contributed by atoms with Crippen molar-refractivity contribution in [1.29, 1.82) is 0 Å². The Balaban J connectivity index is 2.06. The summed E-state index contributed by atoms with van der Waals surface area (Å²) in [6.07, 6.45) is 0.791. The summed E-state index contributed by atoms with van der Waals surface area (Å²) in [6, 6.07) is 7.03. The fraction of sp³-hybridized carbons (Fsp3) is 0.438. The Bertz CT molecular complexity index is 694. The molecule has 0 fully saturated rings. The molecule has 124 valence electrons. The number of amides is 1. The highest BCUT2D eigenvalue weighted by Crippen LogP contribution is 2.22. The van der Waals surface area contributed by atoms with E-state index < -0.39 is 0 Å². The molecule has 0 unspecified atom stereocenters. The summed E-state index contributed by atoms with van der Waals surface area (Å²) in [7, 11) is 3.96. The molecular weight excluding hydrogens is 312 g/mol. The normalized spacial score (nSPS) is 12.3. The smallest absolute Gasteiger partial charge is 0.271 e. The molecule has 2 rings (SSSR count). The van der Waals surface area contributed by atoms with Crippen LogP contribution in [0.15, 0.2) is 34.4 Å². The number of aromatic nitrogens is 2. The van der Waals surface area contributed by atoms with E-state index in [9.17, 15) is 9.59 Å². The fourth-order valence-corrected chi connectivity index (χ4v) is 3.16. The van der Waals surface area contributed by atoms with Crippen molar-refractivity contribution in [3.63, 3.8) is 0 Å². The number of rotatable bonds is 7. The monoisotopic (exact) mass is 334 g/mol. The lowest BCUT2D eigenvalue weighted by Gasteiger charge is -2.23. The second-order valence-electron chi connectivity index (χ2n) is 5.48. The molecule has 1 N–H and O–H groups in total. The summed E-state index contributed by atoms with van der Waals surface area (Å²) >= 11 is 1.66. The van der Waals surface area contributed by atoms with Crippen LogP contribution < -0.4 is 10.9 Å². The van der Waals surface area contributed by atoms with Gasteiger partial charge in [-0.2, -0.15) is 5.10 Å². The quantitative estimate of drug-likeness (QED) is 0.838.